The van der Waals surface area contributed by atoms with Crippen molar-refractivity contribution in [2.45, 2.75) is 24.8 Å². The molecule has 11 nitrogen and oxygen atoms in total. The molecule has 4 aromatic rings. The fraction of sp³-hybridized carbons (Fsp3) is 0.160. The summed E-state index contributed by atoms with van der Waals surface area (Å²) in [6.45, 7) is 3.25. The van der Waals surface area contributed by atoms with E-state index in [4.69, 9.17) is 4.42 Å². The Labute approximate surface area is 219 Å². The topological polar surface area (TPSA) is 161 Å². The fourth-order valence-electron chi connectivity index (χ4n) is 4.39. The molecule has 13 heteroatoms. The number of amides is 1. The Bertz CT molecular complexity index is 1820. The van der Waals surface area contributed by atoms with Crippen LogP contribution in [-0.4, -0.2) is 41.4 Å². The van der Waals surface area contributed by atoms with E-state index in [1.165, 1.54) is 48.5 Å². The second-order valence-electron chi connectivity index (χ2n) is 8.75. The quantitative estimate of drug-likeness (QED) is 0.124. The van der Waals surface area contributed by atoms with Crippen LogP contribution in [0.5, 0.6) is 0 Å². The van der Waals surface area contributed by atoms with Crippen molar-refractivity contribution >= 4 is 59.7 Å². The Morgan fingerprint density at radius 2 is 1.89 bits per heavy atom. The van der Waals surface area contributed by atoms with E-state index >= 15 is 0 Å². The van der Waals surface area contributed by atoms with Crippen molar-refractivity contribution in [3.05, 3.63) is 86.9 Å². The van der Waals surface area contributed by atoms with Gasteiger partial charge in [0, 0.05) is 18.4 Å². The molecule has 0 spiro atoms. The largest absolute Gasteiger partial charge is 0.507 e. The maximum atomic E-state index is 13.4. The lowest BCUT2D eigenvalue weighted by atomic mass is 9.95. The average molecular weight is 554 g/mol. The molecule has 5 rings (SSSR count). The summed E-state index contributed by atoms with van der Waals surface area (Å²) in [7, 11) is -3.51. The monoisotopic (exact) mass is 553 g/mol. The Balaban J connectivity index is 1.76. The van der Waals surface area contributed by atoms with Gasteiger partial charge in [0.25, 0.3) is 11.5 Å². The summed E-state index contributed by atoms with van der Waals surface area (Å²) in [5, 5.41) is 22.8. The summed E-state index contributed by atoms with van der Waals surface area (Å²) < 4.78 is 30.0. The number of aliphatic hydroxyl groups is 1. The molecule has 1 unspecified atom stereocenters. The van der Waals surface area contributed by atoms with E-state index in [1.807, 2.05) is 0 Å². The molecular weight excluding hydrogens is 534 g/mol. The Hall–Kier alpha value is -4.36. The van der Waals surface area contributed by atoms with E-state index < -0.39 is 38.3 Å². The molecule has 2 aromatic carbocycles. The van der Waals surface area contributed by atoms with Crippen LogP contribution in [0, 0.1) is 24.0 Å². The van der Waals surface area contributed by atoms with Crippen LogP contribution in [0.25, 0.3) is 16.0 Å². The number of nitrogens with zero attached hydrogens (tertiary/aromatic N) is 3. The number of benzene rings is 2. The van der Waals surface area contributed by atoms with Gasteiger partial charge in [0.05, 0.1) is 37.2 Å². The number of nitro benzene ring substituents is 1. The number of aryl methyl sites for hydroxylation is 2. The Morgan fingerprint density at radius 1 is 1.16 bits per heavy atom. The molecule has 0 saturated carbocycles. The summed E-state index contributed by atoms with van der Waals surface area (Å²) in [5.74, 6) is -1.70. The van der Waals surface area contributed by atoms with Crippen LogP contribution in [0.2, 0.25) is 0 Å². The number of nitro groups is 1. The molecule has 1 atom stereocenters. The first-order valence-corrected chi connectivity index (χ1v) is 13.8. The SMILES string of the molecule is Cc1cc(/C(O)=C2\C(=O)C(=O)N(c3nc4ccc(S(C)(=O)=O)cc4s3)C2c2cccc([N+](=O)[O-])c2)c(C)o1. The van der Waals surface area contributed by atoms with Crippen molar-refractivity contribution in [1.82, 2.24) is 4.98 Å². The van der Waals surface area contributed by atoms with Gasteiger partial charge in [-0.15, -0.1) is 0 Å². The molecule has 1 aliphatic heterocycles. The lowest BCUT2D eigenvalue weighted by Gasteiger charge is -2.22. The van der Waals surface area contributed by atoms with Crippen molar-refractivity contribution in [1.29, 1.82) is 0 Å². The number of thiazole rings is 1. The summed E-state index contributed by atoms with van der Waals surface area (Å²) in [5.41, 5.74) is 0.242. The zero-order valence-electron chi connectivity index (χ0n) is 20.2. The second-order valence-corrected chi connectivity index (χ2v) is 11.8. The molecule has 1 fully saturated rings. The lowest BCUT2D eigenvalue weighted by Crippen LogP contribution is -2.29. The molecule has 1 saturated heterocycles. The van der Waals surface area contributed by atoms with Gasteiger partial charge in [0.2, 0.25) is 0 Å². The van der Waals surface area contributed by atoms with Gasteiger partial charge in [-0.1, -0.05) is 23.5 Å². The number of Topliss-reactive ketones (excluding diaryl/α,β-unsaturated/α-hetero) is 1. The van der Waals surface area contributed by atoms with Crippen LogP contribution in [-0.2, 0) is 19.4 Å². The van der Waals surface area contributed by atoms with Crippen LogP contribution < -0.4 is 4.90 Å². The van der Waals surface area contributed by atoms with Gasteiger partial charge >= 0.3 is 5.91 Å². The zero-order valence-corrected chi connectivity index (χ0v) is 21.8. The predicted molar refractivity (Wildman–Crippen MR) is 139 cm³/mol. The van der Waals surface area contributed by atoms with Gasteiger partial charge in [0.1, 0.15) is 17.3 Å². The molecule has 0 bridgehead atoms. The summed E-state index contributed by atoms with van der Waals surface area (Å²) in [6.07, 6.45) is 1.07. The van der Waals surface area contributed by atoms with E-state index in [0.29, 0.717) is 21.7 Å². The molecule has 1 aliphatic rings. The maximum absolute atomic E-state index is 13.4. The number of fused-ring (bicyclic) bond motifs is 1. The van der Waals surface area contributed by atoms with E-state index in [0.717, 1.165) is 22.5 Å². The number of rotatable bonds is 5. The Morgan fingerprint density at radius 3 is 2.53 bits per heavy atom. The number of hydrogen-bond donors (Lipinski definition) is 1. The summed E-state index contributed by atoms with van der Waals surface area (Å²) >= 11 is 0.977. The number of aromatic nitrogens is 1. The maximum Gasteiger partial charge on any atom is 0.301 e. The van der Waals surface area contributed by atoms with Gasteiger partial charge in [-0.25, -0.2) is 13.4 Å². The normalized spacial score (nSPS) is 17.4. The number of anilines is 1. The first kappa shape index (κ1) is 25.3. The molecule has 1 N–H and O–H groups in total. The minimum Gasteiger partial charge on any atom is -0.507 e. The van der Waals surface area contributed by atoms with Gasteiger partial charge in [-0.05, 0) is 43.7 Å². The second kappa shape index (κ2) is 8.89. The molecule has 0 aliphatic carbocycles. The number of furan rings is 1. The van der Waals surface area contributed by atoms with E-state index in [1.54, 1.807) is 13.8 Å². The number of ketones is 1. The van der Waals surface area contributed by atoms with E-state index in [9.17, 15) is 33.2 Å². The van der Waals surface area contributed by atoms with Crippen LogP contribution in [0.1, 0.15) is 28.7 Å². The van der Waals surface area contributed by atoms with Crippen LogP contribution in [0.4, 0.5) is 10.8 Å². The van der Waals surface area contributed by atoms with Gasteiger partial charge in [-0.3, -0.25) is 24.6 Å². The minimum atomic E-state index is -3.51. The highest BCUT2D eigenvalue weighted by atomic mass is 32.2. The van der Waals surface area contributed by atoms with E-state index in [-0.39, 0.29) is 32.4 Å². The van der Waals surface area contributed by atoms with Crippen molar-refractivity contribution in [3.63, 3.8) is 0 Å². The smallest absolute Gasteiger partial charge is 0.301 e. The van der Waals surface area contributed by atoms with E-state index in [2.05, 4.69) is 4.98 Å². The molecule has 2 aromatic heterocycles. The van der Waals surface area contributed by atoms with Crippen LogP contribution in [0.15, 0.2) is 63.4 Å². The first-order valence-electron chi connectivity index (χ1n) is 11.1. The third-order valence-electron chi connectivity index (χ3n) is 6.12. The Kier molecular flexibility index (Phi) is 5.92. The zero-order chi connectivity index (χ0) is 27.5. The van der Waals surface area contributed by atoms with Crippen LogP contribution in [0.3, 0.4) is 0 Å². The average Bonchev–Trinajstić information content (AvgIpc) is 3.50. The number of carbonyl (C=O) groups excluding carboxylic acids is 2. The minimum absolute atomic E-state index is 0.0586. The molecule has 1 amide bonds. The lowest BCUT2D eigenvalue weighted by molar-refractivity contribution is -0.384. The van der Waals surface area contributed by atoms with Crippen molar-refractivity contribution in [2.24, 2.45) is 0 Å². The summed E-state index contributed by atoms with van der Waals surface area (Å²) in [6, 6.07) is 9.97. The number of sulfone groups is 1. The summed E-state index contributed by atoms with van der Waals surface area (Å²) in [4.78, 5) is 43.2. The highest BCUT2D eigenvalue weighted by molar-refractivity contribution is 7.90. The number of hydrogen-bond acceptors (Lipinski definition) is 10. The number of carbonyl (C=O) groups is 2. The number of non-ortho nitro benzene ring substituents is 1. The molecule has 194 valence electrons. The third kappa shape index (κ3) is 4.15. The highest BCUT2D eigenvalue weighted by Crippen LogP contribution is 2.45. The molecule has 38 heavy (non-hydrogen) atoms. The highest BCUT2D eigenvalue weighted by Gasteiger charge is 2.48. The third-order valence-corrected chi connectivity index (χ3v) is 8.25. The fourth-order valence-corrected chi connectivity index (χ4v) is 6.14. The van der Waals surface area contributed by atoms with Gasteiger partial charge in [0.15, 0.2) is 15.0 Å². The van der Waals surface area contributed by atoms with Crippen molar-refractivity contribution < 1.29 is 32.5 Å². The standard InChI is InChI=1S/C25H19N3O8S2/c1-12-9-17(13(2)36-12)22(29)20-21(14-5-4-6-15(10-14)28(32)33)27(24(31)23(20)30)25-26-18-8-7-16(38(3,34)35)11-19(18)37-25/h4-11,21,29H,1-3H3/b22-20+. The van der Waals surface area contributed by atoms with Gasteiger partial charge < -0.3 is 9.52 Å². The van der Waals surface area contributed by atoms with Crippen LogP contribution >= 0.6 is 11.3 Å². The molecule has 0 radical (unpaired) electrons. The van der Waals surface area contributed by atoms with Crippen molar-refractivity contribution in [3.8, 4) is 0 Å². The molecule has 3 heterocycles. The van der Waals surface area contributed by atoms with Gasteiger partial charge in [-0.2, -0.15) is 0 Å². The molecular formula is C25H19N3O8S2. The van der Waals surface area contributed by atoms with Crippen molar-refractivity contribution in [2.75, 3.05) is 11.2 Å². The number of aliphatic hydroxyl groups excluding tert-OH is 1. The first-order chi connectivity index (χ1) is 17.9. The predicted octanol–water partition coefficient (Wildman–Crippen LogP) is 4.44.